The van der Waals surface area contributed by atoms with E-state index in [2.05, 4.69) is 5.32 Å². The van der Waals surface area contributed by atoms with E-state index in [-0.39, 0.29) is 11.7 Å². The summed E-state index contributed by atoms with van der Waals surface area (Å²) in [6, 6.07) is 9.05. The van der Waals surface area contributed by atoms with Gasteiger partial charge in [0.2, 0.25) is 5.91 Å². The third-order valence-electron chi connectivity index (χ3n) is 3.19. The zero-order valence-electron chi connectivity index (χ0n) is 12.0. The van der Waals surface area contributed by atoms with Gasteiger partial charge in [-0.2, -0.15) is 0 Å². The number of rotatable bonds is 3. The Morgan fingerprint density at radius 3 is 2.48 bits per heavy atom. The van der Waals surface area contributed by atoms with E-state index in [4.69, 9.17) is 21.1 Å². The second-order valence-electron chi connectivity index (χ2n) is 4.85. The number of ether oxygens (including phenoxy) is 2. The molecule has 1 aliphatic heterocycles. The first-order valence-corrected chi connectivity index (χ1v) is 7.33. The molecule has 0 aliphatic carbocycles. The van der Waals surface area contributed by atoms with Gasteiger partial charge in [-0.25, -0.2) is 4.39 Å². The fourth-order valence-corrected chi connectivity index (χ4v) is 2.28. The average Bonchev–Trinajstić information content (AvgIpc) is 2.55. The zero-order chi connectivity index (χ0) is 16.2. The predicted octanol–water partition coefficient (Wildman–Crippen LogP) is 3.90. The smallest absolute Gasteiger partial charge is 0.248 e. The normalized spacial score (nSPS) is 13.1. The molecule has 6 heteroatoms. The highest BCUT2D eigenvalue weighted by Gasteiger charge is 2.15. The maximum absolute atomic E-state index is 12.8. The highest BCUT2D eigenvalue weighted by molar-refractivity contribution is 6.34. The summed E-state index contributed by atoms with van der Waals surface area (Å²) in [4.78, 5) is 12.0. The summed E-state index contributed by atoms with van der Waals surface area (Å²) < 4.78 is 23.7. The van der Waals surface area contributed by atoms with Crippen molar-refractivity contribution in [2.45, 2.75) is 0 Å². The number of anilines is 1. The first kappa shape index (κ1) is 15.4. The van der Waals surface area contributed by atoms with Crippen LogP contribution < -0.4 is 14.8 Å². The summed E-state index contributed by atoms with van der Waals surface area (Å²) in [6.45, 7) is 0.919. The fourth-order valence-electron chi connectivity index (χ4n) is 2.08. The van der Waals surface area contributed by atoms with Crippen LogP contribution in [0.1, 0.15) is 5.56 Å². The first-order chi connectivity index (χ1) is 11.1. The second kappa shape index (κ2) is 6.71. The maximum atomic E-state index is 12.8. The van der Waals surface area contributed by atoms with Gasteiger partial charge in [-0.15, -0.1) is 0 Å². The summed E-state index contributed by atoms with van der Waals surface area (Å²) in [6.07, 6.45) is 2.93. The minimum absolute atomic E-state index is 0.324. The quantitative estimate of drug-likeness (QED) is 0.866. The van der Waals surface area contributed by atoms with Crippen LogP contribution in [-0.4, -0.2) is 19.1 Å². The Labute approximate surface area is 137 Å². The molecule has 0 aromatic heterocycles. The Morgan fingerprint density at radius 2 is 1.78 bits per heavy atom. The first-order valence-electron chi connectivity index (χ1n) is 6.95. The van der Waals surface area contributed by atoms with Crippen LogP contribution in [0, 0.1) is 5.82 Å². The van der Waals surface area contributed by atoms with E-state index < -0.39 is 0 Å². The number of amides is 1. The molecular weight excluding hydrogens is 321 g/mol. The minimum atomic E-state index is -0.354. The van der Waals surface area contributed by atoms with Crippen molar-refractivity contribution >= 4 is 29.3 Å². The van der Waals surface area contributed by atoms with E-state index in [1.807, 2.05) is 0 Å². The lowest BCUT2D eigenvalue weighted by Crippen LogP contribution is -2.16. The SMILES string of the molecule is O=C(/C=C/c1ccc(F)cc1)Nc1cc2c(cc1Cl)OCCO2. The van der Waals surface area contributed by atoms with Crippen molar-refractivity contribution in [3.05, 3.63) is 58.9 Å². The molecule has 0 saturated carbocycles. The monoisotopic (exact) mass is 333 g/mol. The molecule has 118 valence electrons. The Bertz CT molecular complexity index is 759. The number of carbonyl (C=O) groups excluding carboxylic acids is 1. The molecule has 23 heavy (non-hydrogen) atoms. The van der Waals surface area contributed by atoms with Crippen LogP contribution in [0.15, 0.2) is 42.5 Å². The topological polar surface area (TPSA) is 47.6 Å². The van der Waals surface area contributed by atoms with E-state index in [9.17, 15) is 9.18 Å². The zero-order valence-corrected chi connectivity index (χ0v) is 12.8. The van der Waals surface area contributed by atoms with Crippen molar-refractivity contribution in [1.82, 2.24) is 0 Å². The molecule has 2 aromatic rings. The van der Waals surface area contributed by atoms with Crippen LogP contribution in [0.2, 0.25) is 5.02 Å². The highest BCUT2D eigenvalue weighted by Crippen LogP contribution is 2.37. The van der Waals surface area contributed by atoms with Crippen molar-refractivity contribution in [3.8, 4) is 11.5 Å². The molecule has 1 amide bonds. The highest BCUT2D eigenvalue weighted by atomic mass is 35.5. The number of halogens is 2. The van der Waals surface area contributed by atoms with E-state index in [0.717, 1.165) is 5.56 Å². The van der Waals surface area contributed by atoms with Crippen molar-refractivity contribution in [2.24, 2.45) is 0 Å². The lowest BCUT2D eigenvalue weighted by molar-refractivity contribution is -0.111. The molecule has 1 aliphatic rings. The second-order valence-corrected chi connectivity index (χ2v) is 5.26. The van der Waals surface area contributed by atoms with Crippen LogP contribution >= 0.6 is 11.6 Å². The van der Waals surface area contributed by atoms with E-state index in [0.29, 0.717) is 35.4 Å². The number of nitrogens with one attached hydrogen (secondary N) is 1. The van der Waals surface area contributed by atoms with Crippen LogP contribution in [0.5, 0.6) is 11.5 Å². The number of benzene rings is 2. The average molecular weight is 334 g/mol. The Kier molecular flexibility index (Phi) is 4.48. The van der Waals surface area contributed by atoms with Crippen LogP contribution in [0.4, 0.5) is 10.1 Å². The molecule has 0 atom stereocenters. The molecule has 3 rings (SSSR count). The van der Waals surface area contributed by atoms with E-state index >= 15 is 0 Å². The van der Waals surface area contributed by atoms with Gasteiger partial charge < -0.3 is 14.8 Å². The number of fused-ring (bicyclic) bond motifs is 1. The Hall–Kier alpha value is -2.53. The molecule has 0 fully saturated rings. The van der Waals surface area contributed by atoms with Crippen molar-refractivity contribution in [2.75, 3.05) is 18.5 Å². The Balaban J connectivity index is 1.71. The van der Waals surface area contributed by atoms with Crippen molar-refractivity contribution in [3.63, 3.8) is 0 Å². The molecule has 1 N–H and O–H groups in total. The molecule has 0 spiro atoms. The standard InChI is InChI=1S/C17H13ClFNO3/c18-13-9-15-16(23-8-7-22-15)10-14(13)20-17(21)6-3-11-1-4-12(19)5-2-11/h1-6,9-10H,7-8H2,(H,20,21)/b6-3+. The van der Waals surface area contributed by atoms with Gasteiger partial charge in [0.05, 0.1) is 10.7 Å². The molecule has 0 radical (unpaired) electrons. The predicted molar refractivity (Wildman–Crippen MR) is 86.5 cm³/mol. The molecule has 2 aromatic carbocycles. The van der Waals surface area contributed by atoms with Gasteiger partial charge in [-0.3, -0.25) is 4.79 Å². The summed E-state index contributed by atoms with van der Waals surface area (Å²) in [5, 5.41) is 3.03. The van der Waals surface area contributed by atoms with E-state index in [1.165, 1.54) is 18.2 Å². The van der Waals surface area contributed by atoms with Crippen LogP contribution in [-0.2, 0) is 4.79 Å². The van der Waals surface area contributed by atoms with Gasteiger partial charge in [0, 0.05) is 18.2 Å². The summed E-state index contributed by atoms with van der Waals surface area (Å²) >= 11 is 6.12. The maximum Gasteiger partial charge on any atom is 0.248 e. The minimum Gasteiger partial charge on any atom is -0.486 e. The van der Waals surface area contributed by atoms with E-state index in [1.54, 1.807) is 30.3 Å². The summed E-state index contributed by atoms with van der Waals surface area (Å²) in [5.41, 5.74) is 1.15. The number of carbonyl (C=O) groups is 1. The van der Waals surface area contributed by atoms with Gasteiger partial charge in [-0.05, 0) is 23.8 Å². The van der Waals surface area contributed by atoms with Crippen LogP contribution in [0.25, 0.3) is 6.08 Å². The lowest BCUT2D eigenvalue weighted by atomic mass is 10.2. The molecular formula is C17H13ClFNO3. The fraction of sp³-hybridized carbons (Fsp3) is 0.118. The van der Waals surface area contributed by atoms with Crippen LogP contribution in [0.3, 0.4) is 0 Å². The molecule has 0 unspecified atom stereocenters. The van der Waals surface area contributed by atoms with Crippen molar-refractivity contribution < 1.29 is 18.7 Å². The molecule has 4 nitrogen and oxygen atoms in total. The number of hydrogen-bond acceptors (Lipinski definition) is 3. The third-order valence-corrected chi connectivity index (χ3v) is 3.50. The Morgan fingerprint density at radius 1 is 1.13 bits per heavy atom. The van der Waals surface area contributed by atoms with Gasteiger partial charge in [0.25, 0.3) is 0 Å². The van der Waals surface area contributed by atoms with Gasteiger partial charge in [-0.1, -0.05) is 23.7 Å². The molecule has 0 saturated heterocycles. The molecule has 0 bridgehead atoms. The third kappa shape index (κ3) is 3.81. The summed E-state index contributed by atoms with van der Waals surface area (Å²) in [7, 11) is 0. The van der Waals surface area contributed by atoms with Crippen molar-refractivity contribution in [1.29, 1.82) is 0 Å². The summed E-state index contributed by atoms with van der Waals surface area (Å²) in [5.74, 6) is 0.419. The largest absolute Gasteiger partial charge is 0.486 e. The lowest BCUT2D eigenvalue weighted by Gasteiger charge is -2.19. The van der Waals surface area contributed by atoms with Gasteiger partial charge in [0.1, 0.15) is 19.0 Å². The van der Waals surface area contributed by atoms with Gasteiger partial charge >= 0.3 is 0 Å². The molecule has 1 heterocycles. The number of hydrogen-bond donors (Lipinski definition) is 1. The van der Waals surface area contributed by atoms with Gasteiger partial charge in [0.15, 0.2) is 11.5 Å².